The van der Waals surface area contributed by atoms with Gasteiger partial charge in [-0.15, -0.1) is 0 Å². The topological polar surface area (TPSA) is 91.5 Å². The van der Waals surface area contributed by atoms with Crippen molar-refractivity contribution in [1.29, 1.82) is 0 Å². The van der Waals surface area contributed by atoms with E-state index in [1.807, 2.05) is 6.07 Å². The fourth-order valence-corrected chi connectivity index (χ4v) is 6.93. The van der Waals surface area contributed by atoms with Crippen molar-refractivity contribution < 1.29 is 14.5 Å². The average molecular weight is 533 g/mol. The minimum absolute atomic E-state index is 0.254. The van der Waals surface area contributed by atoms with Crippen molar-refractivity contribution >= 4 is 17.0 Å². The van der Waals surface area contributed by atoms with Crippen molar-refractivity contribution in [2.24, 2.45) is 17.8 Å². The first-order valence-electron chi connectivity index (χ1n) is 14.9. The Labute approximate surface area is 232 Å². The number of aryl methyl sites for hydroxylation is 1. The molecule has 3 aromatic rings. The van der Waals surface area contributed by atoms with E-state index < -0.39 is 12.0 Å². The van der Waals surface area contributed by atoms with E-state index in [9.17, 15) is 9.90 Å². The molecule has 2 heterocycles. The van der Waals surface area contributed by atoms with Gasteiger partial charge in [-0.25, -0.2) is 4.63 Å². The highest BCUT2D eigenvalue weighted by molar-refractivity contribution is 5.74. The second-order valence-corrected chi connectivity index (χ2v) is 12.4. The quantitative estimate of drug-likeness (QED) is 0.300. The summed E-state index contributed by atoms with van der Waals surface area (Å²) in [7, 11) is 0. The molecule has 0 bridgehead atoms. The van der Waals surface area contributed by atoms with Crippen LogP contribution in [0.4, 0.5) is 0 Å². The zero-order chi connectivity index (χ0) is 27.2. The highest BCUT2D eigenvalue weighted by Gasteiger charge is 2.38. The van der Waals surface area contributed by atoms with Gasteiger partial charge in [0.2, 0.25) is 0 Å². The Hall–Kier alpha value is -2.77. The van der Waals surface area contributed by atoms with Crippen LogP contribution in [0.3, 0.4) is 0 Å². The maximum atomic E-state index is 11.9. The largest absolute Gasteiger partial charge is 0.480 e. The number of nitrogens with zero attached hydrogens (tertiary/aromatic N) is 3. The molecule has 0 radical (unpaired) electrons. The smallest absolute Gasteiger partial charge is 0.320 e. The molecule has 2 fully saturated rings. The van der Waals surface area contributed by atoms with Crippen LogP contribution in [0.25, 0.3) is 11.0 Å². The molecule has 2 N–H and O–H groups in total. The number of aromatic nitrogens is 2. The maximum absolute atomic E-state index is 11.9. The molecule has 7 nitrogen and oxygen atoms in total. The lowest BCUT2D eigenvalue weighted by Crippen LogP contribution is -2.43. The number of piperidine rings is 1. The normalized spacial score (nSPS) is 23.5. The number of benzene rings is 2. The van der Waals surface area contributed by atoms with Crippen LogP contribution in [-0.2, 0) is 11.2 Å². The van der Waals surface area contributed by atoms with Gasteiger partial charge in [-0.3, -0.25) is 4.79 Å². The first-order chi connectivity index (χ1) is 18.9. The fraction of sp³-hybridized carbons (Fsp3) is 0.594. The molecule has 4 atom stereocenters. The summed E-state index contributed by atoms with van der Waals surface area (Å²) < 4.78 is 4.82. The molecule has 0 amide bonds. The number of carboxylic acids is 1. The Bertz CT molecular complexity index is 1190. The molecule has 0 spiro atoms. The van der Waals surface area contributed by atoms with E-state index in [4.69, 9.17) is 4.63 Å². The number of hydrogen-bond donors (Lipinski definition) is 2. The molecular weight excluding hydrogens is 488 g/mol. The Kier molecular flexibility index (Phi) is 9.30. The maximum Gasteiger partial charge on any atom is 0.320 e. The van der Waals surface area contributed by atoms with Crippen LogP contribution in [0, 0.1) is 17.8 Å². The third-order valence-corrected chi connectivity index (χ3v) is 8.96. The molecule has 2 aromatic carbocycles. The number of nitrogens with one attached hydrogen (secondary N) is 1. The van der Waals surface area contributed by atoms with Gasteiger partial charge in [0.25, 0.3) is 0 Å². The third kappa shape index (κ3) is 7.46. The van der Waals surface area contributed by atoms with Crippen LogP contribution in [0.15, 0.2) is 53.2 Å². The summed E-state index contributed by atoms with van der Waals surface area (Å²) in [6.45, 7) is 7.64. The summed E-state index contributed by atoms with van der Waals surface area (Å²) in [5, 5.41) is 21.2. The van der Waals surface area contributed by atoms with Crippen LogP contribution >= 0.6 is 0 Å². The Morgan fingerprint density at radius 3 is 2.59 bits per heavy atom. The molecule has 2 aliphatic rings. The second-order valence-electron chi connectivity index (χ2n) is 12.4. The van der Waals surface area contributed by atoms with E-state index in [1.165, 1.54) is 49.9 Å². The monoisotopic (exact) mass is 532 g/mol. The van der Waals surface area contributed by atoms with Crippen molar-refractivity contribution in [3.05, 3.63) is 59.7 Å². The summed E-state index contributed by atoms with van der Waals surface area (Å²) in [5.41, 5.74) is 4.38. The molecule has 1 aliphatic heterocycles. The molecular formula is C32H44N4O3. The van der Waals surface area contributed by atoms with Crippen LogP contribution < -0.4 is 5.32 Å². The van der Waals surface area contributed by atoms with Gasteiger partial charge in [0.1, 0.15) is 17.1 Å². The number of aliphatic carboxylic acids is 1. The van der Waals surface area contributed by atoms with E-state index >= 15 is 0 Å². The number of carboxylic acid groups (broad SMARTS) is 1. The van der Waals surface area contributed by atoms with Gasteiger partial charge in [0.15, 0.2) is 0 Å². The summed E-state index contributed by atoms with van der Waals surface area (Å²) in [6, 6.07) is 16.9. The zero-order valence-corrected chi connectivity index (χ0v) is 23.5. The second kappa shape index (κ2) is 13.1. The molecule has 4 unspecified atom stereocenters. The van der Waals surface area contributed by atoms with Gasteiger partial charge in [-0.2, -0.15) is 0 Å². The van der Waals surface area contributed by atoms with Crippen molar-refractivity contribution in [2.45, 2.75) is 83.2 Å². The van der Waals surface area contributed by atoms with Gasteiger partial charge < -0.3 is 15.3 Å². The summed E-state index contributed by atoms with van der Waals surface area (Å²) in [4.78, 5) is 14.6. The molecule has 5 rings (SSSR count). The molecule has 1 saturated heterocycles. The lowest BCUT2D eigenvalue weighted by Gasteiger charge is -2.35. The van der Waals surface area contributed by atoms with E-state index in [1.54, 1.807) is 0 Å². The third-order valence-electron chi connectivity index (χ3n) is 8.96. The van der Waals surface area contributed by atoms with Crippen LogP contribution in [0.2, 0.25) is 0 Å². The first-order valence-corrected chi connectivity index (χ1v) is 14.9. The summed E-state index contributed by atoms with van der Waals surface area (Å²) >= 11 is 0. The van der Waals surface area contributed by atoms with E-state index in [2.05, 4.69) is 76.8 Å². The summed E-state index contributed by atoms with van der Waals surface area (Å²) in [6.07, 6.45) is 8.83. The molecule has 1 aromatic heterocycles. The van der Waals surface area contributed by atoms with Crippen LogP contribution in [0.5, 0.6) is 0 Å². The number of rotatable bonds is 12. The zero-order valence-electron chi connectivity index (χ0n) is 23.5. The van der Waals surface area contributed by atoms with Gasteiger partial charge >= 0.3 is 5.97 Å². The number of likely N-dealkylation sites (tertiary alicyclic amines) is 1. The highest BCUT2D eigenvalue weighted by atomic mass is 16.6. The molecule has 1 aliphatic carbocycles. The highest BCUT2D eigenvalue weighted by Crippen LogP contribution is 2.41. The van der Waals surface area contributed by atoms with Crippen molar-refractivity contribution in [2.75, 3.05) is 19.6 Å². The van der Waals surface area contributed by atoms with Crippen LogP contribution in [0.1, 0.15) is 75.8 Å². The van der Waals surface area contributed by atoms with Gasteiger partial charge in [-0.05, 0) is 115 Å². The first kappa shape index (κ1) is 27.8. The van der Waals surface area contributed by atoms with Gasteiger partial charge in [0.05, 0.1) is 0 Å². The lowest BCUT2D eigenvalue weighted by atomic mass is 9.87. The van der Waals surface area contributed by atoms with Gasteiger partial charge in [-0.1, -0.05) is 56.7 Å². The Balaban J connectivity index is 1.12. The standard InChI is InChI=1S/C32H44N4O3/c1-22(2)17-31(32(37)38)33-27-19-26(28(20-27)25-9-4-3-5-10-25)21-36-15-13-23(14-16-36)7-6-8-24-11-12-29-30(18-24)35-39-34-29/h3-5,9-12,18,22-23,26-28,31,33H,6-8,13-17,19-21H2,1-2H3,(H,37,38). The average Bonchev–Trinajstić information content (AvgIpc) is 3.56. The molecule has 1 saturated carbocycles. The van der Waals surface area contributed by atoms with Crippen LogP contribution in [-0.4, -0.2) is 58.0 Å². The van der Waals surface area contributed by atoms with E-state index in [0.717, 1.165) is 42.8 Å². The Morgan fingerprint density at radius 1 is 1.08 bits per heavy atom. The van der Waals surface area contributed by atoms with Crippen molar-refractivity contribution in [1.82, 2.24) is 20.5 Å². The SMILES string of the molecule is CC(C)CC(NC1CC(CN2CCC(CCCc3ccc4nonc4c3)CC2)C(c2ccccc2)C1)C(=O)O. The lowest BCUT2D eigenvalue weighted by molar-refractivity contribution is -0.140. The predicted octanol–water partition coefficient (Wildman–Crippen LogP) is 5.91. The van der Waals surface area contributed by atoms with E-state index in [-0.39, 0.29) is 6.04 Å². The molecule has 7 heteroatoms. The number of carbonyl (C=O) groups is 1. The minimum Gasteiger partial charge on any atom is -0.480 e. The van der Waals surface area contributed by atoms with Gasteiger partial charge in [0, 0.05) is 12.6 Å². The van der Waals surface area contributed by atoms with Crippen molar-refractivity contribution in [3.63, 3.8) is 0 Å². The Morgan fingerprint density at radius 2 is 1.85 bits per heavy atom. The minimum atomic E-state index is -0.721. The predicted molar refractivity (Wildman–Crippen MR) is 154 cm³/mol. The summed E-state index contributed by atoms with van der Waals surface area (Å²) in [5.74, 6) is 1.47. The van der Waals surface area contributed by atoms with E-state index in [0.29, 0.717) is 24.2 Å². The molecule has 39 heavy (non-hydrogen) atoms. The number of hydrogen-bond acceptors (Lipinski definition) is 6. The number of fused-ring (bicyclic) bond motifs is 1. The van der Waals surface area contributed by atoms with Crippen molar-refractivity contribution in [3.8, 4) is 0 Å². The fourth-order valence-electron chi connectivity index (χ4n) is 6.93. The molecule has 210 valence electrons.